The number of phenolic OH excluding ortho intramolecular Hbond substituents is 1. The molecule has 1 atom stereocenters. The fourth-order valence-corrected chi connectivity index (χ4v) is 2.49. The van der Waals surface area contributed by atoms with Gasteiger partial charge in [-0.25, -0.2) is 5.43 Å². The van der Waals surface area contributed by atoms with Crippen LogP contribution in [-0.4, -0.2) is 34.1 Å². The summed E-state index contributed by atoms with van der Waals surface area (Å²) in [5, 5.41) is 27.2. The second kappa shape index (κ2) is 9.65. The molecular formula is C19H19ClN4O5. The SMILES string of the molecule is CC(C)C(NC(=O)c1ccc(Cl)cc1)C(=O)NN=Cc1ccc(O)c([N+](=O)[O-])c1. The van der Waals surface area contributed by atoms with Crippen molar-refractivity contribution in [3.63, 3.8) is 0 Å². The molecule has 2 rings (SSSR count). The number of carbonyl (C=O) groups excluding carboxylic acids is 2. The number of nitro benzene ring substituents is 1. The molecule has 3 N–H and O–H groups in total. The molecule has 0 fully saturated rings. The van der Waals surface area contributed by atoms with Crippen LogP contribution in [0.15, 0.2) is 47.6 Å². The van der Waals surface area contributed by atoms with Crippen LogP contribution in [0.25, 0.3) is 0 Å². The van der Waals surface area contributed by atoms with Crippen LogP contribution in [0, 0.1) is 16.0 Å². The van der Waals surface area contributed by atoms with Crippen LogP contribution in [0.3, 0.4) is 0 Å². The number of carbonyl (C=O) groups is 2. The number of hydrazone groups is 1. The summed E-state index contributed by atoms with van der Waals surface area (Å²) in [4.78, 5) is 34.9. The first-order valence-corrected chi connectivity index (χ1v) is 8.93. The Hall–Kier alpha value is -3.46. The van der Waals surface area contributed by atoms with Crippen LogP contribution in [-0.2, 0) is 4.79 Å². The highest BCUT2D eigenvalue weighted by atomic mass is 35.5. The molecule has 2 aromatic rings. The molecule has 0 saturated carbocycles. The zero-order valence-corrected chi connectivity index (χ0v) is 16.4. The summed E-state index contributed by atoms with van der Waals surface area (Å²) in [5.74, 6) is -1.68. The highest BCUT2D eigenvalue weighted by Gasteiger charge is 2.24. The summed E-state index contributed by atoms with van der Waals surface area (Å²) in [6.45, 7) is 3.53. The molecule has 1 unspecified atom stereocenters. The maximum absolute atomic E-state index is 12.4. The van der Waals surface area contributed by atoms with Crippen molar-refractivity contribution in [2.75, 3.05) is 0 Å². The van der Waals surface area contributed by atoms with E-state index in [0.29, 0.717) is 16.1 Å². The van der Waals surface area contributed by atoms with Crippen molar-refractivity contribution in [1.82, 2.24) is 10.7 Å². The summed E-state index contributed by atoms with van der Waals surface area (Å²) < 4.78 is 0. The van der Waals surface area contributed by atoms with Crippen molar-refractivity contribution in [1.29, 1.82) is 0 Å². The molecule has 0 spiro atoms. The number of hydrogen-bond acceptors (Lipinski definition) is 6. The Labute approximate surface area is 171 Å². The first-order chi connectivity index (χ1) is 13.7. The largest absolute Gasteiger partial charge is 0.502 e. The molecule has 2 aromatic carbocycles. The topological polar surface area (TPSA) is 134 Å². The minimum Gasteiger partial charge on any atom is -0.502 e. The van der Waals surface area contributed by atoms with E-state index in [9.17, 15) is 24.8 Å². The number of hydrogen-bond donors (Lipinski definition) is 3. The zero-order valence-electron chi connectivity index (χ0n) is 15.6. The number of phenols is 1. The number of nitrogens with one attached hydrogen (secondary N) is 2. The Kier molecular flexibility index (Phi) is 7.27. The van der Waals surface area contributed by atoms with E-state index in [-0.39, 0.29) is 5.92 Å². The van der Waals surface area contributed by atoms with E-state index in [1.807, 2.05) is 0 Å². The normalized spacial score (nSPS) is 12.0. The number of nitro groups is 1. The lowest BCUT2D eigenvalue weighted by Crippen LogP contribution is -2.48. The molecule has 152 valence electrons. The third-order valence-electron chi connectivity index (χ3n) is 3.93. The maximum atomic E-state index is 12.4. The van der Waals surface area contributed by atoms with Crippen molar-refractivity contribution >= 4 is 35.3 Å². The standard InChI is InChI=1S/C19H19ClN4O5/c1-11(2)17(22-18(26)13-4-6-14(20)7-5-13)19(27)23-21-10-12-3-8-16(25)15(9-12)24(28)29/h3-11,17,25H,1-2H3,(H,22,26)(H,23,27). The van der Waals surface area contributed by atoms with Gasteiger partial charge in [0.15, 0.2) is 5.75 Å². The molecule has 0 aliphatic carbocycles. The van der Waals surface area contributed by atoms with Crippen molar-refractivity contribution in [3.05, 3.63) is 68.7 Å². The lowest BCUT2D eigenvalue weighted by molar-refractivity contribution is -0.385. The predicted octanol–water partition coefficient (Wildman–Crippen LogP) is 2.86. The Morgan fingerprint density at radius 3 is 2.45 bits per heavy atom. The minimum absolute atomic E-state index is 0.226. The van der Waals surface area contributed by atoms with E-state index in [4.69, 9.17) is 11.6 Å². The van der Waals surface area contributed by atoms with Gasteiger partial charge >= 0.3 is 5.69 Å². The Balaban J connectivity index is 2.05. The summed E-state index contributed by atoms with van der Waals surface area (Å²) in [6.07, 6.45) is 1.20. The molecule has 9 nitrogen and oxygen atoms in total. The first kappa shape index (κ1) is 21.8. The molecule has 0 radical (unpaired) electrons. The van der Waals surface area contributed by atoms with Crippen molar-refractivity contribution in [2.45, 2.75) is 19.9 Å². The van der Waals surface area contributed by atoms with E-state index in [0.717, 1.165) is 12.1 Å². The number of amides is 2. The zero-order chi connectivity index (χ0) is 21.6. The molecule has 29 heavy (non-hydrogen) atoms. The maximum Gasteiger partial charge on any atom is 0.311 e. The molecule has 10 heteroatoms. The molecule has 0 aliphatic heterocycles. The van der Waals surface area contributed by atoms with Crippen LogP contribution in [0.4, 0.5) is 5.69 Å². The van der Waals surface area contributed by atoms with Gasteiger partial charge in [0, 0.05) is 22.2 Å². The van der Waals surface area contributed by atoms with Crippen molar-refractivity contribution in [3.8, 4) is 5.75 Å². The molecule has 0 aromatic heterocycles. The Morgan fingerprint density at radius 1 is 1.21 bits per heavy atom. The summed E-state index contributed by atoms with van der Waals surface area (Å²) in [5.41, 5.74) is 2.49. The fourth-order valence-electron chi connectivity index (χ4n) is 2.37. The average molecular weight is 419 g/mol. The number of nitrogens with zero attached hydrogens (tertiary/aromatic N) is 2. The molecule has 0 saturated heterocycles. The van der Waals surface area contributed by atoms with Gasteiger partial charge in [-0.3, -0.25) is 19.7 Å². The van der Waals surface area contributed by atoms with Gasteiger partial charge < -0.3 is 10.4 Å². The molecular weight excluding hydrogens is 400 g/mol. The first-order valence-electron chi connectivity index (χ1n) is 8.55. The second-order valence-corrected chi connectivity index (χ2v) is 6.88. The minimum atomic E-state index is -0.857. The Bertz CT molecular complexity index is 944. The van der Waals surface area contributed by atoms with Gasteiger partial charge in [0.05, 0.1) is 11.1 Å². The van der Waals surface area contributed by atoms with Gasteiger partial charge in [0.2, 0.25) is 0 Å². The lowest BCUT2D eigenvalue weighted by atomic mass is 10.0. The average Bonchev–Trinajstić information content (AvgIpc) is 2.67. The van der Waals surface area contributed by atoms with Gasteiger partial charge in [0.1, 0.15) is 6.04 Å². The molecule has 0 heterocycles. The van der Waals surface area contributed by atoms with Gasteiger partial charge in [-0.2, -0.15) is 5.10 Å². The smallest absolute Gasteiger partial charge is 0.311 e. The number of halogens is 1. The van der Waals surface area contributed by atoms with Crippen molar-refractivity contribution < 1.29 is 19.6 Å². The third-order valence-corrected chi connectivity index (χ3v) is 4.18. The van der Waals surface area contributed by atoms with Crippen molar-refractivity contribution in [2.24, 2.45) is 11.0 Å². The van der Waals surface area contributed by atoms with E-state index in [1.165, 1.54) is 12.3 Å². The quantitative estimate of drug-likeness (QED) is 0.361. The van der Waals surface area contributed by atoms with Crippen LogP contribution in [0.1, 0.15) is 29.8 Å². The number of benzene rings is 2. The van der Waals surface area contributed by atoms with Gasteiger partial charge in [0.25, 0.3) is 11.8 Å². The highest BCUT2D eigenvalue weighted by molar-refractivity contribution is 6.30. The van der Waals surface area contributed by atoms with E-state index >= 15 is 0 Å². The van der Waals surface area contributed by atoms with E-state index in [1.54, 1.807) is 38.1 Å². The predicted molar refractivity (Wildman–Crippen MR) is 108 cm³/mol. The van der Waals surface area contributed by atoms with Crippen LogP contribution in [0.5, 0.6) is 5.75 Å². The van der Waals surface area contributed by atoms with Crippen LogP contribution >= 0.6 is 11.6 Å². The second-order valence-electron chi connectivity index (χ2n) is 6.44. The van der Waals surface area contributed by atoms with Gasteiger partial charge in [-0.05, 0) is 42.3 Å². The van der Waals surface area contributed by atoms with Crippen LogP contribution in [0.2, 0.25) is 5.02 Å². The monoisotopic (exact) mass is 418 g/mol. The van der Waals surface area contributed by atoms with Gasteiger partial charge in [-0.15, -0.1) is 0 Å². The lowest BCUT2D eigenvalue weighted by Gasteiger charge is -2.20. The molecule has 2 amide bonds. The van der Waals surface area contributed by atoms with Gasteiger partial charge in [-0.1, -0.05) is 25.4 Å². The summed E-state index contributed by atoms with van der Waals surface area (Å²) in [7, 11) is 0. The third kappa shape index (κ3) is 6.01. The molecule has 0 bridgehead atoms. The summed E-state index contributed by atoms with van der Waals surface area (Å²) in [6, 6.07) is 9.05. The van der Waals surface area contributed by atoms with E-state index in [2.05, 4.69) is 15.8 Å². The Morgan fingerprint density at radius 2 is 1.86 bits per heavy atom. The van der Waals surface area contributed by atoms with E-state index < -0.39 is 34.2 Å². The van der Waals surface area contributed by atoms with Crippen LogP contribution < -0.4 is 10.7 Å². The fraction of sp³-hybridized carbons (Fsp3) is 0.211. The summed E-state index contributed by atoms with van der Waals surface area (Å²) >= 11 is 5.80. The number of aromatic hydroxyl groups is 1. The molecule has 0 aliphatic rings. The highest BCUT2D eigenvalue weighted by Crippen LogP contribution is 2.25. The number of rotatable bonds is 7.